The molecule has 0 aromatic rings. The average Bonchev–Trinajstić information content (AvgIpc) is 2.86. The molecule has 28 heavy (non-hydrogen) atoms. The third kappa shape index (κ3) is 4.70. The molecule has 6 heteroatoms. The van der Waals surface area contributed by atoms with E-state index < -0.39 is 0 Å². The van der Waals surface area contributed by atoms with E-state index in [0.29, 0.717) is 6.42 Å². The zero-order valence-electron chi connectivity index (χ0n) is 19.3. The van der Waals surface area contributed by atoms with E-state index in [4.69, 9.17) is 9.47 Å². The second kappa shape index (κ2) is 7.60. The standard InChI is InChI=1S/C22H40N2O4/c1-19(2)13-15(21(5,6)23-19)17(25)27-11-10-12-28-18(26)16-14-20(3,4)24(9)22(16,7)8/h15-16,23H,10-14H2,1-9H3. The Labute approximate surface area is 170 Å². The Hall–Kier alpha value is -1.14. The van der Waals surface area contributed by atoms with Crippen LogP contribution >= 0.6 is 0 Å². The van der Waals surface area contributed by atoms with Crippen LogP contribution in [0.15, 0.2) is 0 Å². The van der Waals surface area contributed by atoms with E-state index >= 15 is 0 Å². The molecule has 0 aromatic carbocycles. The van der Waals surface area contributed by atoms with E-state index in [2.05, 4.69) is 58.8 Å². The first-order chi connectivity index (χ1) is 12.6. The van der Waals surface area contributed by atoms with Crippen molar-refractivity contribution in [3.63, 3.8) is 0 Å². The molecule has 2 heterocycles. The summed E-state index contributed by atoms with van der Waals surface area (Å²) in [7, 11) is 2.06. The minimum atomic E-state index is -0.278. The molecule has 1 N–H and O–H groups in total. The molecular formula is C22H40N2O4. The summed E-state index contributed by atoms with van der Waals surface area (Å²) < 4.78 is 11.0. The van der Waals surface area contributed by atoms with Gasteiger partial charge in [-0.2, -0.15) is 0 Å². The van der Waals surface area contributed by atoms with Gasteiger partial charge in [0.05, 0.1) is 25.0 Å². The van der Waals surface area contributed by atoms with E-state index in [0.717, 1.165) is 12.8 Å². The molecule has 2 saturated heterocycles. The molecule has 0 spiro atoms. The summed E-state index contributed by atoms with van der Waals surface area (Å²) in [5.41, 5.74) is -0.614. The number of ether oxygens (including phenoxy) is 2. The summed E-state index contributed by atoms with van der Waals surface area (Å²) in [6, 6.07) is 0. The number of hydrogen-bond acceptors (Lipinski definition) is 6. The van der Waals surface area contributed by atoms with Gasteiger partial charge < -0.3 is 14.8 Å². The van der Waals surface area contributed by atoms with Crippen molar-refractivity contribution in [2.45, 2.75) is 96.8 Å². The van der Waals surface area contributed by atoms with Crippen molar-refractivity contribution in [2.24, 2.45) is 11.8 Å². The first kappa shape index (κ1) is 23.1. The van der Waals surface area contributed by atoms with Crippen LogP contribution in [0.5, 0.6) is 0 Å². The maximum Gasteiger partial charge on any atom is 0.310 e. The number of likely N-dealkylation sites (tertiary alicyclic amines) is 1. The van der Waals surface area contributed by atoms with Gasteiger partial charge in [0.15, 0.2) is 0 Å². The van der Waals surface area contributed by atoms with E-state index in [1.807, 2.05) is 13.8 Å². The Bertz CT molecular complexity index is 610. The van der Waals surface area contributed by atoms with Crippen LogP contribution in [0.4, 0.5) is 0 Å². The van der Waals surface area contributed by atoms with Crippen molar-refractivity contribution >= 4 is 11.9 Å². The number of esters is 2. The van der Waals surface area contributed by atoms with Gasteiger partial charge in [0, 0.05) is 28.6 Å². The Balaban J connectivity index is 1.75. The van der Waals surface area contributed by atoms with Gasteiger partial charge in [0.25, 0.3) is 0 Å². The molecule has 162 valence electrons. The highest BCUT2D eigenvalue weighted by Gasteiger charge is 2.53. The highest BCUT2D eigenvalue weighted by molar-refractivity contribution is 5.75. The fraction of sp³-hybridized carbons (Fsp3) is 0.909. The monoisotopic (exact) mass is 396 g/mol. The average molecular weight is 397 g/mol. The lowest BCUT2D eigenvalue weighted by atomic mass is 9.87. The molecule has 2 rings (SSSR count). The number of nitrogens with zero attached hydrogens (tertiary/aromatic N) is 1. The summed E-state index contributed by atoms with van der Waals surface area (Å²) in [4.78, 5) is 27.3. The lowest BCUT2D eigenvalue weighted by Crippen LogP contribution is -2.48. The van der Waals surface area contributed by atoms with Gasteiger partial charge in [-0.1, -0.05) is 0 Å². The minimum Gasteiger partial charge on any atom is -0.465 e. The van der Waals surface area contributed by atoms with Crippen molar-refractivity contribution in [3.05, 3.63) is 0 Å². The quantitative estimate of drug-likeness (QED) is 0.549. The highest BCUT2D eigenvalue weighted by Crippen LogP contribution is 2.44. The Morgan fingerprint density at radius 1 is 0.893 bits per heavy atom. The summed E-state index contributed by atoms with van der Waals surface area (Å²) >= 11 is 0. The molecule has 0 aromatic heterocycles. The Morgan fingerprint density at radius 2 is 1.39 bits per heavy atom. The molecule has 2 atom stereocenters. The molecule has 6 nitrogen and oxygen atoms in total. The zero-order chi connectivity index (χ0) is 21.5. The molecule has 2 unspecified atom stereocenters. The van der Waals surface area contributed by atoms with Gasteiger partial charge in [0.2, 0.25) is 0 Å². The molecule has 0 radical (unpaired) electrons. The normalized spacial score (nSPS) is 30.2. The summed E-state index contributed by atoms with van der Waals surface area (Å²) in [5, 5.41) is 3.49. The summed E-state index contributed by atoms with van der Waals surface area (Å²) in [6.07, 6.45) is 2.06. The topological polar surface area (TPSA) is 67.9 Å². The molecule has 0 saturated carbocycles. The zero-order valence-corrected chi connectivity index (χ0v) is 19.3. The van der Waals surface area contributed by atoms with Crippen LogP contribution < -0.4 is 5.32 Å². The fourth-order valence-corrected chi connectivity index (χ4v) is 5.03. The van der Waals surface area contributed by atoms with E-state index in [1.54, 1.807) is 0 Å². The predicted molar refractivity (Wildman–Crippen MR) is 110 cm³/mol. The minimum absolute atomic E-state index is 0.0292. The Morgan fingerprint density at radius 3 is 1.79 bits per heavy atom. The van der Waals surface area contributed by atoms with E-state index in [9.17, 15) is 9.59 Å². The molecule has 2 fully saturated rings. The highest BCUT2D eigenvalue weighted by atomic mass is 16.5. The van der Waals surface area contributed by atoms with Crippen molar-refractivity contribution in [2.75, 3.05) is 20.3 Å². The number of nitrogens with one attached hydrogen (secondary N) is 1. The van der Waals surface area contributed by atoms with Gasteiger partial charge in [-0.3, -0.25) is 14.5 Å². The summed E-state index contributed by atoms with van der Waals surface area (Å²) in [6.45, 7) is 17.3. The molecule has 0 aliphatic carbocycles. The largest absolute Gasteiger partial charge is 0.465 e. The van der Waals surface area contributed by atoms with Crippen molar-refractivity contribution in [1.82, 2.24) is 10.2 Å². The van der Waals surface area contributed by atoms with Gasteiger partial charge >= 0.3 is 11.9 Å². The van der Waals surface area contributed by atoms with Gasteiger partial charge in [-0.25, -0.2) is 0 Å². The third-order valence-electron chi connectivity index (χ3n) is 6.92. The van der Waals surface area contributed by atoms with Crippen LogP contribution in [0, 0.1) is 11.8 Å². The van der Waals surface area contributed by atoms with Crippen molar-refractivity contribution < 1.29 is 19.1 Å². The second-order valence-corrected chi connectivity index (χ2v) is 11.0. The van der Waals surface area contributed by atoms with Crippen LogP contribution in [-0.4, -0.2) is 59.3 Å². The van der Waals surface area contributed by atoms with Crippen LogP contribution in [0.3, 0.4) is 0 Å². The SMILES string of the molecule is CN1C(C)(C)CC(C(=O)OCCCOC(=O)C2CC(C)(C)NC2(C)C)C1(C)C. The third-order valence-corrected chi connectivity index (χ3v) is 6.92. The first-order valence-electron chi connectivity index (χ1n) is 10.5. The lowest BCUT2D eigenvalue weighted by molar-refractivity contribution is -0.153. The first-order valence-corrected chi connectivity index (χ1v) is 10.5. The molecule has 0 amide bonds. The maximum absolute atomic E-state index is 12.6. The number of rotatable bonds is 6. The number of carbonyl (C=O) groups is 2. The van der Waals surface area contributed by atoms with Crippen LogP contribution in [-0.2, 0) is 19.1 Å². The second-order valence-electron chi connectivity index (χ2n) is 11.0. The predicted octanol–water partition coefficient (Wildman–Crippen LogP) is 3.14. The molecular weight excluding hydrogens is 356 g/mol. The van der Waals surface area contributed by atoms with Gasteiger partial charge in [-0.05, 0) is 75.3 Å². The Kier molecular flexibility index (Phi) is 6.28. The molecule has 2 aliphatic heterocycles. The number of carbonyl (C=O) groups excluding carboxylic acids is 2. The van der Waals surface area contributed by atoms with Crippen molar-refractivity contribution in [3.8, 4) is 0 Å². The van der Waals surface area contributed by atoms with E-state index in [-0.39, 0.29) is 59.1 Å². The van der Waals surface area contributed by atoms with Crippen LogP contribution in [0.1, 0.15) is 74.7 Å². The van der Waals surface area contributed by atoms with Crippen molar-refractivity contribution in [1.29, 1.82) is 0 Å². The summed E-state index contributed by atoms with van der Waals surface area (Å²) in [5.74, 6) is -0.643. The fourth-order valence-electron chi connectivity index (χ4n) is 5.03. The van der Waals surface area contributed by atoms with Crippen LogP contribution in [0.2, 0.25) is 0 Å². The van der Waals surface area contributed by atoms with Gasteiger partial charge in [0.1, 0.15) is 0 Å². The maximum atomic E-state index is 12.6. The van der Waals surface area contributed by atoms with Crippen LogP contribution in [0.25, 0.3) is 0 Å². The smallest absolute Gasteiger partial charge is 0.310 e. The molecule has 2 aliphatic rings. The number of hydrogen-bond donors (Lipinski definition) is 1. The lowest BCUT2D eigenvalue weighted by Gasteiger charge is -2.37. The van der Waals surface area contributed by atoms with Gasteiger partial charge in [-0.15, -0.1) is 0 Å². The molecule has 0 bridgehead atoms. The van der Waals surface area contributed by atoms with E-state index in [1.165, 1.54) is 0 Å².